The molecule has 1 aliphatic rings. The van der Waals surface area contributed by atoms with Gasteiger partial charge in [0.2, 0.25) is 0 Å². The van der Waals surface area contributed by atoms with E-state index in [4.69, 9.17) is 9.47 Å². The molecule has 4 rings (SSSR count). The fraction of sp³-hybridized carbons (Fsp3) is 0.250. The molecule has 3 aromatic rings. The molecule has 0 saturated carbocycles. The largest absolute Gasteiger partial charge is 0.387 e. The topological polar surface area (TPSA) is 79.2 Å². The van der Waals surface area contributed by atoms with Gasteiger partial charge in [0.1, 0.15) is 23.9 Å². The van der Waals surface area contributed by atoms with E-state index in [1.807, 2.05) is 91.0 Å². The molecule has 3 N–H and O–H groups in total. The Morgan fingerprint density at radius 1 is 0.655 bits per heavy atom. The molecule has 0 aromatic heterocycles. The smallest absolute Gasteiger partial charge is 0.184 e. The second-order valence-electron chi connectivity index (χ2n) is 7.14. The summed E-state index contributed by atoms with van der Waals surface area (Å²) in [5.41, 5.74) is 1.81. The van der Waals surface area contributed by atoms with Crippen molar-refractivity contribution in [2.75, 3.05) is 6.61 Å². The maximum Gasteiger partial charge on any atom is 0.184 e. The minimum Gasteiger partial charge on any atom is -0.387 e. The summed E-state index contributed by atoms with van der Waals surface area (Å²) in [4.78, 5) is 0. The van der Waals surface area contributed by atoms with E-state index >= 15 is 0 Å². The van der Waals surface area contributed by atoms with Crippen LogP contribution in [0.3, 0.4) is 0 Å². The zero-order valence-corrected chi connectivity index (χ0v) is 15.8. The van der Waals surface area contributed by atoms with Crippen LogP contribution < -0.4 is 0 Å². The summed E-state index contributed by atoms with van der Waals surface area (Å²) in [6.45, 7) is -0.0199. The van der Waals surface area contributed by atoms with Crippen LogP contribution in [0, 0.1) is 0 Å². The van der Waals surface area contributed by atoms with Crippen LogP contribution in [0.25, 0.3) is 0 Å². The standard InChI is InChI=1S/C24H24O5/c25-21-20(29-23(27)22(21)26)16-28-24(17-10-4-1-5-11-17,18-12-6-2-7-13-18)19-14-8-3-9-15-19/h1-15,20-23,25-27H,16H2/t20-,21+,22+,23-/m1/s1. The number of aliphatic hydroxyl groups is 3. The van der Waals surface area contributed by atoms with E-state index < -0.39 is 30.2 Å². The molecular formula is C24H24O5. The molecule has 5 heteroatoms. The van der Waals surface area contributed by atoms with Crippen LogP contribution in [-0.2, 0) is 15.1 Å². The Hall–Kier alpha value is -2.54. The first kappa shape index (κ1) is 19.8. The highest BCUT2D eigenvalue weighted by atomic mass is 16.7. The van der Waals surface area contributed by atoms with E-state index in [1.165, 1.54) is 0 Å². The van der Waals surface area contributed by atoms with Crippen molar-refractivity contribution in [2.45, 2.75) is 30.2 Å². The molecule has 0 amide bonds. The number of ether oxygens (including phenoxy) is 2. The molecule has 1 fully saturated rings. The Morgan fingerprint density at radius 3 is 1.41 bits per heavy atom. The van der Waals surface area contributed by atoms with Gasteiger partial charge in [-0.3, -0.25) is 0 Å². The second-order valence-corrected chi connectivity index (χ2v) is 7.14. The van der Waals surface area contributed by atoms with E-state index in [1.54, 1.807) is 0 Å². The van der Waals surface area contributed by atoms with E-state index in [2.05, 4.69) is 0 Å². The molecule has 1 heterocycles. The van der Waals surface area contributed by atoms with Crippen LogP contribution in [-0.4, -0.2) is 46.5 Å². The molecule has 4 atom stereocenters. The lowest BCUT2D eigenvalue weighted by atomic mass is 9.80. The molecule has 0 aliphatic carbocycles. The lowest BCUT2D eigenvalue weighted by Crippen LogP contribution is -2.39. The summed E-state index contributed by atoms with van der Waals surface area (Å²) in [6, 6.07) is 29.5. The third kappa shape index (κ3) is 3.71. The highest BCUT2D eigenvalue weighted by molar-refractivity contribution is 5.47. The molecule has 150 valence electrons. The Balaban J connectivity index is 1.80. The summed E-state index contributed by atoms with van der Waals surface area (Å²) in [5.74, 6) is 0. The summed E-state index contributed by atoms with van der Waals surface area (Å²) >= 11 is 0. The molecule has 1 saturated heterocycles. The van der Waals surface area contributed by atoms with Crippen molar-refractivity contribution < 1.29 is 24.8 Å². The molecular weight excluding hydrogens is 368 g/mol. The Kier molecular flexibility index (Phi) is 5.76. The summed E-state index contributed by atoms with van der Waals surface area (Å²) in [7, 11) is 0. The zero-order chi connectivity index (χ0) is 20.3. The van der Waals surface area contributed by atoms with Crippen molar-refractivity contribution >= 4 is 0 Å². The summed E-state index contributed by atoms with van der Waals surface area (Å²) < 4.78 is 11.9. The Bertz CT molecular complexity index is 804. The van der Waals surface area contributed by atoms with Gasteiger partial charge in [0.05, 0.1) is 6.61 Å². The molecule has 5 nitrogen and oxygen atoms in total. The van der Waals surface area contributed by atoms with Gasteiger partial charge in [-0.25, -0.2) is 0 Å². The summed E-state index contributed by atoms with van der Waals surface area (Å²) in [5, 5.41) is 29.8. The van der Waals surface area contributed by atoms with Gasteiger partial charge >= 0.3 is 0 Å². The fourth-order valence-corrected chi connectivity index (χ4v) is 3.84. The van der Waals surface area contributed by atoms with Crippen LogP contribution in [0.2, 0.25) is 0 Å². The van der Waals surface area contributed by atoms with Gasteiger partial charge in [-0.05, 0) is 16.7 Å². The number of rotatable bonds is 6. The average molecular weight is 392 g/mol. The molecule has 0 bridgehead atoms. The predicted molar refractivity (Wildman–Crippen MR) is 108 cm³/mol. The Morgan fingerprint density at radius 2 is 1.07 bits per heavy atom. The first-order chi connectivity index (χ1) is 14.1. The highest BCUT2D eigenvalue weighted by Gasteiger charge is 2.44. The Labute approximate surface area is 169 Å². The second kappa shape index (κ2) is 8.45. The first-order valence-electron chi connectivity index (χ1n) is 9.63. The van der Waals surface area contributed by atoms with E-state index in [0.717, 1.165) is 16.7 Å². The van der Waals surface area contributed by atoms with Gasteiger partial charge in [0.25, 0.3) is 0 Å². The number of hydrogen-bond donors (Lipinski definition) is 3. The van der Waals surface area contributed by atoms with Gasteiger partial charge in [0, 0.05) is 0 Å². The minimum absolute atomic E-state index is 0.0199. The van der Waals surface area contributed by atoms with Gasteiger partial charge in [-0.2, -0.15) is 0 Å². The lowest BCUT2D eigenvalue weighted by molar-refractivity contribution is -0.145. The highest BCUT2D eigenvalue weighted by Crippen LogP contribution is 2.41. The maximum absolute atomic E-state index is 10.2. The van der Waals surface area contributed by atoms with Crippen molar-refractivity contribution in [2.24, 2.45) is 0 Å². The summed E-state index contributed by atoms with van der Waals surface area (Å²) in [6.07, 6.45) is -4.87. The van der Waals surface area contributed by atoms with Crippen molar-refractivity contribution in [1.29, 1.82) is 0 Å². The molecule has 0 radical (unpaired) electrons. The third-order valence-corrected chi connectivity index (χ3v) is 5.34. The van der Waals surface area contributed by atoms with Crippen LogP contribution in [0.4, 0.5) is 0 Å². The van der Waals surface area contributed by atoms with Crippen molar-refractivity contribution in [1.82, 2.24) is 0 Å². The van der Waals surface area contributed by atoms with E-state index in [0.29, 0.717) is 0 Å². The van der Waals surface area contributed by atoms with Crippen LogP contribution in [0.5, 0.6) is 0 Å². The van der Waals surface area contributed by atoms with Crippen LogP contribution in [0.1, 0.15) is 16.7 Å². The normalized spacial score (nSPS) is 24.5. The maximum atomic E-state index is 10.2. The average Bonchev–Trinajstić information content (AvgIpc) is 3.03. The molecule has 29 heavy (non-hydrogen) atoms. The molecule has 0 spiro atoms. The SMILES string of the molecule is O[C@@H]1[C@H](O)[C@H](O)O[C@@H]1COC(c1ccccc1)(c1ccccc1)c1ccccc1. The van der Waals surface area contributed by atoms with Crippen molar-refractivity contribution in [3.05, 3.63) is 108 Å². The molecule has 0 unspecified atom stereocenters. The molecule has 3 aromatic carbocycles. The number of hydrogen-bond acceptors (Lipinski definition) is 5. The predicted octanol–water partition coefficient (Wildman–Crippen LogP) is 2.43. The van der Waals surface area contributed by atoms with Crippen molar-refractivity contribution in [3.8, 4) is 0 Å². The van der Waals surface area contributed by atoms with Gasteiger partial charge in [-0.1, -0.05) is 91.0 Å². The minimum atomic E-state index is -1.43. The van der Waals surface area contributed by atoms with Crippen LogP contribution >= 0.6 is 0 Å². The van der Waals surface area contributed by atoms with Crippen LogP contribution in [0.15, 0.2) is 91.0 Å². The number of aliphatic hydroxyl groups excluding tert-OH is 3. The monoisotopic (exact) mass is 392 g/mol. The van der Waals surface area contributed by atoms with Gasteiger partial charge in [-0.15, -0.1) is 0 Å². The zero-order valence-electron chi connectivity index (χ0n) is 15.8. The number of benzene rings is 3. The van der Waals surface area contributed by atoms with E-state index in [9.17, 15) is 15.3 Å². The third-order valence-electron chi connectivity index (χ3n) is 5.34. The lowest BCUT2D eigenvalue weighted by Gasteiger charge is -2.37. The quantitative estimate of drug-likeness (QED) is 0.562. The van der Waals surface area contributed by atoms with Gasteiger partial charge in [0.15, 0.2) is 6.29 Å². The van der Waals surface area contributed by atoms with Gasteiger partial charge < -0.3 is 24.8 Å². The fourth-order valence-electron chi connectivity index (χ4n) is 3.84. The first-order valence-corrected chi connectivity index (χ1v) is 9.63. The molecule has 1 aliphatic heterocycles. The van der Waals surface area contributed by atoms with Crippen molar-refractivity contribution in [3.63, 3.8) is 0 Å². The van der Waals surface area contributed by atoms with E-state index in [-0.39, 0.29) is 6.61 Å².